The van der Waals surface area contributed by atoms with Crippen molar-refractivity contribution in [1.29, 1.82) is 0 Å². The predicted molar refractivity (Wildman–Crippen MR) is 135 cm³/mol. The molecule has 0 spiro atoms. The lowest BCUT2D eigenvalue weighted by atomic mass is 10.1. The van der Waals surface area contributed by atoms with E-state index in [4.69, 9.17) is 60.7 Å². The van der Waals surface area contributed by atoms with Crippen LogP contribution < -0.4 is 15.0 Å². The average molecular weight is 573 g/mol. The Labute approximate surface area is 222 Å². The van der Waals surface area contributed by atoms with Crippen LogP contribution in [0.3, 0.4) is 0 Å². The molecule has 192 valence electrons. The summed E-state index contributed by atoms with van der Waals surface area (Å²) in [5.41, 5.74) is 2.85. The quantitative estimate of drug-likeness (QED) is 0.181. The summed E-state index contributed by atoms with van der Waals surface area (Å²) in [6.45, 7) is 4.81. The van der Waals surface area contributed by atoms with Gasteiger partial charge in [0.05, 0.1) is 34.5 Å². The van der Waals surface area contributed by atoms with Gasteiger partial charge in [-0.2, -0.15) is 13.2 Å². The molecule has 0 aliphatic rings. The van der Waals surface area contributed by atoms with Crippen molar-refractivity contribution in [2.45, 2.75) is 31.9 Å². The Hall–Kier alpha value is -1.77. The molecule has 2 aromatic rings. The van der Waals surface area contributed by atoms with E-state index in [0.29, 0.717) is 46.0 Å². The first-order chi connectivity index (χ1) is 16.6. The monoisotopic (exact) mass is 571 g/mol. The zero-order chi connectivity index (χ0) is 25.8. The lowest BCUT2D eigenvalue weighted by Crippen LogP contribution is -2.13. The van der Waals surface area contributed by atoms with Gasteiger partial charge >= 0.3 is 6.18 Å². The third-order valence-electron chi connectivity index (χ3n) is 4.60. The summed E-state index contributed by atoms with van der Waals surface area (Å²) < 4.78 is 49.1. The molecule has 2 rings (SSSR count). The van der Waals surface area contributed by atoms with E-state index in [9.17, 15) is 13.2 Å². The van der Waals surface area contributed by atoms with Crippen LogP contribution in [0, 0.1) is 0 Å². The zero-order valence-electron chi connectivity index (χ0n) is 18.6. The molecule has 11 heteroatoms. The van der Waals surface area contributed by atoms with Gasteiger partial charge in [-0.15, -0.1) is 0 Å². The molecule has 0 unspecified atom stereocenters. The van der Waals surface area contributed by atoms with Gasteiger partial charge in [0.2, 0.25) is 0 Å². The number of ether oxygens (including phenoxy) is 2. The molecule has 0 aliphatic heterocycles. The molecule has 0 aromatic heterocycles. The number of unbranched alkanes of at least 4 members (excludes halogenated alkanes) is 3. The van der Waals surface area contributed by atoms with Crippen LogP contribution in [0.4, 0.5) is 13.2 Å². The highest BCUT2D eigenvalue weighted by Gasteiger charge is 2.30. The number of alkyl halides is 3. The molecule has 0 aliphatic carbocycles. The summed E-state index contributed by atoms with van der Waals surface area (Å²) in [4.78, 5) is 5.34. The van der Waals surface area contributed by atoms with E-state index < -0.39 is 11.7 Å². The van der Waals surface area contributed by atoms with Gasteiger partial charge in [0, 0.05) is 12.1 Å². The lowest BCUT2D eigenvalue weighted by Gasteiger charge is -2.12. The molecule has 0 fully saturated rings. The summed E-state index contributed by atoms with van der Waals surface area (Å²) >= 11 is 23.5. The second-order valence-corrected chi connectivity index (χ2v) is 9.11. The first-order valence-corrected chi connectivity index (χ1v) is 12.1. The maximum absolute atomic E-state index is 12.6. The van der Waals surface area contributed by atoms with E-state index in [0.717, 1.165) is 37.8 Å². The van der Waals surface area contributed by atoms with Crippen molar-refractivity contribution in [3.63, 3.8) is 0 Å². The fourth-order valence-electron chi connectivity index (χ4n) is 2.82. The molecule has 2 aromatic carbocycles. The highest BCUT2D eigenvalue weighted by atomic mass is 35.5. The number of benzene rings is 2. The van der Waals surface area contributed by atoms with Gasteiger partial charge in [-0.25, -0.2) is 0 Å². The van der Waals surface area contributed by atoms with Crippen LogP contribution in [0.1, 0.15) is 36.8 Å². The molecule has 0 radical (unpaired) electrons. The number of halogens is 7. The summed E-state index contributed by atoms with van der Waals surface area (Å²) in [5, 5.41) is 0.669. The van der Waals surface area contributed by atoms with Crippen LogP contribution >= 0.6 is 46.4 Å². The third kappa shape index (κ3) is 10.8. The molecule has 0 saturated heterocycles. The second-order valence-electron chi connectivity index (χ2n) is 7.29. The largest absolute Gasteiger partial charge is 0.490 e. The van der Waals surface area contributed by atoms with Crippen LogP contribution in [0.15, 0.2) is 53.5 Å². The van der Waals surface area contributed by atoms with Crippen molar-refractivity contribution >= 4 is 52.1 Å². The van der Waals surface area contributed by atoms with E-state index in [-0.39, 0.29) is 11.1 Å². The van der Waals surface area contributed by atoms with Gasteiger partial charge in [0.1, 0.15) is 16.8 Å². The summed E-state index contributed by atoms with van der Waals surface area (Å²) in [5.74, 6) is 0.855. The molecular weight excluding hydrogens is 549 g/mol. The smallest absolute Gasteiger partial charge is 0.416 e. The van der Waals surface area contributed by atoms with E-state index in [1.54, 1.807) is 12.1 Å². The number of hydrogen-bond donors (Lipinski definition) is 1. The van der Waals surface area contributed by atoms with Crippen molar-refractivity contribution in [2.24, 2.45) is 0 Å². The average Bonchev–Trinajstić information content (AvgIpc) is 2.78. The Morgan fingerprint density at radius 3 is 2.09 bits per heavy atom. The Balaban J connectivity index is 1.59. The molecule has 1 N–H and O–H groups in total. The van der Waals surface area contributed by atoms with Gasteiger partial charge in [0.15, 0.2) is 5.75 Å². The van der Waals surface area contributed by atoms with Crippen LogP contribution in [-0.4, -0.2) is 19.8 Å². The molecule has 0 atom stereocenters. The van der Waals surface area contributed by atoms with Crippen molar-refractivity contribution in [3.05, 3.63) is 74.7 Å². The third-order valence-corrected chi connectivity index (χ3v) is 5.47. The van der Waals surface area contributed by atoms with E-state index >= 15 is 0 Å². The van der Waals surface area contributed by atoms with Crippen LogP contribution in [0.5, 0.6) is 11.5 Å². The fraction of sp³-hybridized carbons (Fsp3) is 0.333. The Morgan fingerprint density at radius 1 is 0.914 bits per heavy atom. The van der Waals surface area contributed by atoms with Crippen molar-refractivity contribution in [1.82, 2.24) is 5.48 Å². The normalized spacial score (nSPS) is 11.2. The highest BCUT2D eigenvalue weighted by molar-refractivity contribution is 6.55. The first-order valence-electron chi connectivity index (χ1n) is 10.6. The van der Waals surface area contributed by atoms with Crippen LogP contribution in [0.2, 0.25) is 10.0 Å². The Kier molecular flexibility index (Phi) is 12.4. The minimum atomic E-state index is -4.37. The minimum Gasteiger partial charge on any atom is -0.490 e. The SMILES string of the molecule is C=C(NOCCCCCCOc1c(Cl)cc(OCC=C(Cl)Cl)cc1Cl)c1ccc(C(F)(F)F)cc1. The second kappa shape index (κ2) is 14.7. The molecule has 0 heterocycles. The van der Waals surface area contributed by atoms with Crippen LogP contribution in [-0.2, 0) is 11.0 Å². The minimum absolute atomic E-state index is 0.105. The van der Waals surface area contributed by atoms with Gasteiger partial charge < -0.3 is 9.47 Å². The molecule has 0 bridgehead atoms. The van der Waals surface area contributed by atoms with E-state index in [1.807, 2.05) is 0 Å². The van der Waals surface area contributed by atoms with E-state index in [2.05, 4.69) is 12.1 Å². The first kappa shape index (κ1) is 29.5. The maximum atomic E-state index is 12.6. The van der Waals surface area contributed by atoms with Gasteiger partial charge in [0.25, 0.3) is 0 Å². The predicted octanol–water partition coefficient (Wildman–Crippen LogP) is 8.84. The molecular formula is C24H24Cl4F3NO3. The highest BCUT2D eigenvalue weighted by Crippen LogP contribution is 2.37. The standard InChI is InChI=1S/C24H24Cl4F3NO3/c1-16(17-6-8-18(9-7-17)24(29,30)31)32-35-12-5-3-2-4-11-34-23-20(25)14-19(15-21(23)26)33-13-10-22(27)28/h6-10,14-15,32H,1-5,11-13H2. The number of rotatable bonds is 14. The van der Waals surface area contributed by atoms with Gasteiger partial charge in [-0.3, -0.25) is 10.3 Å². The van der Waals surface area contributed by atoms with Crippen molar-refractivity contribution in [2.75, 3.05) is 19.8 Å². The van der Waals surface area contributed by atoms with Crippen molar-refractivity contribution < 1.29 is 27.5 Å². The number of hydroxylamine groups is 1. The number of hydrogen-bond acceptors (Lipinski definition) is 4. The Bertz CT molecular complexity index is 971. The summed E-state index contributed by atoms with van der Waals surface area (Å²) in [6.07, 6.45) is 0.474. The van der Waals surface area contributed by atoms with Crippen LogP contribution in [0.25, 0.3) is 5.70 Å². The molecule has 0 saturated carbocycles. The molecule has 0 amide bonds. The fourth-order valence-corrected chi connectivity index (χ4v) is 3.52. The van der Waals surface area contributed by atoms with Gasteiger partial charge in [-0.05, 0) is 43.0 Å². The van der Waals surface area contributed by atoms with E-state index in [1.165, 1.54) is 18.2 Å². The van der Waals surface area contributed by atoms with Crippen molar-refractivity contribution in [3.8, 4) is 11.5 Å². The summed E-state index contributed by atoms with van der Waals surface area (Å²) in [7, 11) is 0. The molecule has 4 nitrogen and oxygen atoms in total. The summed E-state index contributed by atoms with van der Waals surface area (Å²) in [6, 6.07) is 7.89. The van der Waals surface area contributed by atoms with Gasteiger partial charge in [-0.1, -0.05) is 71.5 Å². The topological polar surface area (TPSA) is 39.7 Å². The molecule has 35 heavy (non-hydrogen) atoms. The lowest BCUT2D eigenvalue weighted by molar-refractivity contribution is -0.137. The zero-order valence-corrected chi connectivity index (χ0v) is 21.6. The number of nitrogens with one attached hydrogen (secondary N) is 1. The maximum Gasteiger partial charge on any atom is 0.416 e. The Morgan fingerprint density at radius 2 is 1.51 bits per heavy atom.